The van der Waals surface area contributed by atoms with Crippen LogP contribution in [0.5, 0.6) is 0 Å². The smallest absolute Gasteiger partial charge is 0.220 e. The molecule has 0 radical (unpaired) electrons. The molecule has 0 bridgehead atoms. The Bertz CT molecular complexity index is 340. The summed E-state index contributed by atoms with van der Waals surface area (Å²) in [6.07, 6.45) is 1.79. The lowest BCUT2D eigenvalue weighted by atomic mass is 9.90. The highest BCUT2D eigenvalue weighted by Gasteiger charge is 2.28. The van der Waals surface area contributed by atoms with Gasteiger partial charge in [0.1, 0.15) is 0 Å². The van der Waals surface area contributed by atoms with Crippen molar-refractivity contribution in [1.82, 2.24) is 15.5 Å². The number of aromatic nitrogens is 2. The lowest BCUT2D eigenvalue weighted by Gasteiger charge is -2.25. The van der Waals surface area contributed by atoms with Gasteiger partial charge in [0, 0.05) is 32.1 Å². The Morgan fingerprint density at radius 3 is 3.06 bits per heavy atom. The summed E-state index contributed by atoms with van der Waals surface area (Å²) in [6.45, 7) is 7.71. The van der Waals surface area contributed by atoms with Gasteiger partial charge in [-0.1, -0.05) is 13.8 Å². The third-order valence-electron chi connectivity index (χ3n) is 3.21. The van der Waals surface area contributed by atoms with Crippen molar-refractivity contribution in [2.75, 3.05) is 26.3 Å². The summed E-state index contributed by atoms with van der Waals surface area (Å²) in [5, 5.41) is 11.5. The molecule has 0 aliphatic carbocycles. The Balaban J connectivity index is 1.92. The van der Waals surface area contributed by atoms with Gasteiger partial charge in [-0.15, -0.1) is 10.2 Å². The van der Waals surface area contributed by atoms with Gasteiger partial charge in [-0.2, -0.15) is 0 Å². The highest BCUT2D eigenvalue weighted by atomic mass is 16.5. The van der Waals surface area contributed by atoms with Gasteiger partial charge in [-0.3, -0.25) is 0 Å². The minimum atomic E-state index is 0.365. The summed E-state index contributed by atoms with van der Waals surface area (Å²) in [4.78, 5) is 0. The van der Waals surface area contributed by atoms with Crippen LogP contribution < -0.4 is 5.32 Å². The van der Waals surface area contributed by atoms with Crippen LogP contribution in [-0.4, -0.2) is 36.5 Å². The molecule has 2 atom stereocenters. The van der Waals surface area contributed by atoms with Crippen LogP contribution in [0.2, 0.25) is 0 Å². The fourth-order valence-corrected chi connectivity index (χ4v) is 2.14. The monoisotopic (exact) mass is 239 g/mol. The first-order valence-electron chi connectivity index (χ1n) is 6.42. The third-order valence-corrected chi connectivity index (χ3v) is 3.21. The van der Waals surface area contributed by atoms with Crippen molar-refractivity contribution >= 4 is 0 Å². The van der Waals surface area contributed by atoms with Crippen LogP contribution in [0.4, 0.5) is 0 Å². The Labute approximate surface area is 102 Å². The average molecular weight is 239 g/mol. The largest absolute Gasteiger partial charge is 0.425 e. The summed E-state index contributed by atoms with van der Waals surface area (Å²) < 4.78 is 11.1. The van der Waals surface area contributed by atoms with E-state index in [0.717, 1.165) is 50.9 Å². The first-order chi connectivity index (χ1) is 8.31. The molecule has 1 aliphatic heterocycles. The van der Waals surface area contributed by atoms with Gasteiger partial charge in [0.15, 0.2) is 0 Å². The predicted molar refractivity (Wildman–Crippen MR) is 63.9 cm³/mol. The Hall–Kier alpha value is -0.940. The maximum atomic E-state index is 5.72. The number of rotatable bonds is 5. The van der Waals surface area contributed by atoms with Gasteiger partial charge < -0.3 is 14.5 Å². The zero-order valence-corrected chi connectivity index (χ0v) is 10.6. The van der Waals surface area contributed by atoms with Gasteiger partial charge in [0.25, 0.3) is 0 Å². The summed E-state index contributed by atoms with van der Waals surface area (Å²) >= 11 is 0. The first-order valence-corrected chi connectivity index (χ1v) is 6.42. The molecule has 1 saturated heterocycles. The third kappa shape index (κ3) is 3.26. The highest BCUT2D eigenvalue weighted by Crippen LogP contribution is 2.30. The Kier molecular flexibility index (Phi) is 4.50. The molecule has 1 fully saturated rings. The molecule has 96 valence electrons. The number of likely N-dealkylation sites (N-methyl/N-ethyl adjacent to an activating group) is 1. The standard InChI is InChI=1S/C12H21N3O2/c1-3-13-6-4-11-14-15-12(17-11)10-5-7-16-8-9(10)2/h9-10,13H,3-8H2,1-2H3. The molecule has 2 rings (SSSR count). The zero-order valence-electron chi connectivity index (χ0n) is 10.6. The molecule has 1 aliphatic rings. The molecule has 1 aromatic heterocycles. The van der Waals surface area contributed by atoms with Crippen LogP contribution in [0.15, 0.2) is 4.42 Å². The lowest BCUT2D eigenvalue weighted by molar-refractivity contribution is 0.0404. The van der Waals surface area contributed by atoms with Crippen molar-refractivity contribution in [3.05, 3.63) is 11.8 Å². The molecule has 1 aromatic rings. The quantitative estimate of drug-likeness (QED) is 0.786. The summed E-state index contributed by atoms with van der Waals surface area (Å²) in [5.74, 6) is 2.35. The molecule has 2 unspecified atom stereocenters. The maximum absolute atomic E-state index is 5.72. The van der Waals surface area contributed by atoms with Crippen molar-refractivity contribution in [2.45, 2.75) is 32.6 Å². The SMILES string of the molecule is CCNCCc1nnc(C2CCOCC2C)o1. The maximum Gasteiger partial charge on any atom is 0.220 e. The van der Waals surface area contributed by atoms with Crippen molar-refractivity contribution in [3.63, 3.8) is 0 Å². The van der Waals surface area contributed by atoms with Crippen LogP contribution in [0.3, 0.4) is 0 Å². The van der Waals surface area contributed by atoms with Crippen LogP contribution >= 0.6 is 0 Å². The van der Waals surface area contributed by atoms with E-state index in [2.05, 4.69) is 29.4 Å². The van der Waals surface area contributed by atoms with Gasteiger partial charge in [0.2, 0.25) is 11.8 Å². The van der Waals surface area contributed by atoms with E-state index in [1.54, 1.807) is 0 Å². The molecular weight excluding hydrogens is 218 g/mol. The minimum absolute atomic E-state index is 0.365. The van der Waals surface area contributed by atoms with Gasteiger partial charge >= 0.3 is 0 Å². The summed E-state index contributed by atoms with van der Waals surface area (Å²) in [7, 11) is 0. The van der Waals surface area contributed by atoms with Crippen molar-refractivity contribution < 1.29 is 9.15 Å². The summed E-state index contributed by atoms with van der Waals surface area (Å²) in [6, 6.07) is 0. The molecule has 2 heterocycles. The first kappa shape index (κ1) is 12.5. The molecule has 1 N–H and O–H groups in total. The van der Waals surface area contributed by atoms with E-state index in [9.17, 15) is 0 Å². The molecule has 0 aromatic carbocycles. The van der Waals surface area contributed by atoms with Crippen LogP contribution in [0.1, 0.15) is 38.0 Å². The molecule has 17 heavy (non-hydrogen) atoms. The van der Waals surface area contributed by atoms with Gasteiger partial charge in [-0.25, -0.2) is 0 Å². The fraction of sp³-hybridized carbons (Fsp3) is 0.833. The van der Waals surface area contributed by atoms with Gasteiger partial charge in [0.05, 0.1) is 0 Å². The van der Waals surface area contributed by atoms with E-state index >= 15 is 0 Å². The average Bonchev–Trinajstić information content (AvgIpc) is 2.79. The van der Waals surface area contributed by atoms with Crippen LogP contribution in [0.25, 0.3) is 0 Å². The summed E-state index contributed by atoms with van der Waals surface area (Å²) in [5.41, 5.74) is 0. The highest BCUT2D eigenvalue weighted by molar-refractivity contribution is 4.95. The van der Waals surface area contributed by atoms with Crippen molar-refractivity contribution in [3.8, 4) is 0 Å². The van der Waals surface area contributed by atoms with Crippen molar-refractivity contribution in [1.29, 1.82) is 0 Å². The molecule has 5 nitrogen and oxygen atoms in total. The Morgan fingerprint density at radius 1 is 1.41 bits per heavy atom. The number of ether oxygens (including phenoxy) is 1. The normalized spacial score (nSPS) is 25.1. The van der Waals surface area contributed by atoms with Gasteiger partial charge in [-0.05, 0) is 18.9 Å². The Morgan fingerprint density at radius 2 is 2.29 bits per heavy atom. The molecular formula is C12H21N3O2. The second kappa shape index (κ2) is 6.12. The molecule has 0 spiro atoms. The molecule has 0 saturated carbocycles. The number of hydrogen-bond acceptors (Lipinski definition) is 5. The molecule has 0 amide bonds. The van der Waals surface area contributed by atoms with E-state index in [1.165, 1.54) is 0 Å². The van der Waals surface area contributed by atoms with Crippen LogP contribution in [-0.2, 0) is 11.2 Å². The van der Waals surface area contributed by atoms with E-state index in [-0.39, 0.29) is 0 Å². The second-order valence-electron chi connectivity index (χ2n) is 4.58. The van der Waals surface area contributed by atoms with E-state index in [1.807, 2.05) is 0 Å². The van der Waals surface area contributed by atoms with E-state index in [0.29, 0.717) is 11.8 Å². The lowest BCUT2D eigenvalue weighted by Crippen LogP contribution is -2.23. The minimum Gasteiger partial charge on any atom is -0.425 e. The van der Waals surface area contributed by atoms with Crippen molar-refractivity contribution in [2.24, 2.45) is 5.92 Å². The zero-order chi connectivity index (χ0) is 12.1. The molecule has 5 heteroatoms. The fourth-order valence-electron chi connectivity index (χ4n) is 2.14. The number of nitrogens with one attached hydrogen (secondary N) is 1. The second-order valence-corrected chi connectivity index (χ2v) is 4.58. The topological polar surface area (TPSA) is 60.2 Å². The number of hydrogen-bond donors (Lipinski definition) is 1. The van der Waals surface area contributed by atoms with E-state index < -0.39 is 0 Å². The predicted octanol–water partition coefficient (Wildman–Crippen LogP) is 1.36. The number of nitrogens with zero attached hydrogens (tertiary/aromatic N) is 2. The van der Waals surface area contributed by atoms with E-state index in [4.69, 9.17) is 9.15 Å². The van der Waals surface area contributed by atoms with Crippen LogP contribution in [0, 0.1) is 5.92 Å².